The molecular formula is C15H22F3NO2S. The molecule has 0 fully saturated rings. The minimum Gasteiger partial charge on any atom is -0.263 e. The summed E-state index contributed by atoms with van der Waals surface area (Å²) in [6.07, 6.45) is 0.959. The Balaban J connectivity index is 3.24. The molecule has 0 saturated heterocycles. The Hall–Kier alpha value is -1.24. The number of anilines is 1. The smallest absolute Gasteiger partial charge is 0.263 e. The number of nitrogens with zero attached hydrogens (tertiary/aromatic N) is 1. The molecule has 0 heterocycles. The Morgan fingerprint density at radius 1 is 1.05 bits per heavy atom. The van der Waals surface area contributed by atoms with Gasteiger partial charge in [-0.05, 0) is 29.5 Å². The van der Waals surface area contributed by atoms with E-state index in [1.54, 1.807) is 19.1 Å². The highest BCUT2D eigenvalue weighted by atomic mass is 32.2. The lowest BCUT2D eigenvalue weighted by atomic mass is 9.87. The van der Waals surface area contributed by atoms with Crippen molar-refractivity contribution in [2.45, 2.75) is 51.5 Å². The Labute approximate surface area is 130 Å². The molecule has 0 atom stereocenters. The van der Waals surface area contributed by atoms with E-state index < -0.39 is 15.5 Å². The maximum Gasteiger partial charge on any atom is 0.516 e. The molecule has 0 amide bonds. The summed E-state index contributed by atoms with van der Waals surface area (Å²) in [5.41, 5.74) is -4.49. The maximum absolute atomic E-state index is 12.8. The highest BCUT2D eigenvalue weighted by Crippen LogP contribution is 2.32. The van der Waals surface area contributed by atoms with Crippen molar-refractivity contribution < 1.29 is 21.6 Å². The van der Waals surface area contributed by atoms with Crippen LogP contribution in [0.5, 0.6) is 0 Å². The summed E-state index contributed by atoms with van der Waals surface area (Å²) in [6, 6.07) is 6.19. The van der Waals surface area contributed by atoms with Crippen LogP contribution < -0.4 is 4.31 Å². The molecule has 0 aliphatic heterocycles. The Kier molecular flexibility index (Phi) is 5.54. The fourth-order valence-corrected chi connectivity index (χ4v) is 2.96. The average Bonchev–Trinajstić information content (AvgIpc) is 2.37. The van der Waals surface area contributed by atoms with E-state index in [0.717, 1.165) is 5.56 Å². The lowest BCUT2D eigenvalue weighted by Gasteiger charge is -2.26. The van der Waals surface area contributed by atoms with Crippen LogP contribution in [-0.4, -0.2) is 20.5 Å². The quantitative estimate of drug-likeness (QED) is 0.796. The normalized spacial score (nSPS) is 13.2. The average molecular weight is 337 g/mol. The first kappa shape index (κ1) is 18.8. The first-order valence-electron chi connectivity index (χ1n) is 7.11. The predicted molar refractivity (Wildman–Crippen MR) is 82.4 cm³/mol. The van der Waals surface area contributed by atoms with E-state index in [2.05, 4.69) is 0 Å². The van der Waals surface area contributed by atoms with Crippen LogP contribution in [0.3, 0.4) is 0 Å². The fraction of sp³-hybridized carbons (Fsp3) is 0.600. The molecule has 1 rings (SSSR count). The molecule has 3 nitrogen and oxygen atoms in total. The molecule has 0 bridgehead atoms. The molecule has 0 spiro atoms. The lowest BCUT2D eigenvalue weighted by molar-refractivity contribution is -0.0438. The van der Waals surface area contributed by atoms with Crippen LogP contribution in [0.2, 0.25) is 0 Å². The standard InChI is InChI=1S/C15H22F3NO2S/c1-5-6-11-19(22(20,21)15(16,17)18)13-9-7-12(8-10-13)14(2,3)4/h7-10H,5-6,11H2,1-4H3. The van der Waals surface area contributed by atoms with Crippen LogP contribution in [0.25, 0.3) is 0 Å². The molecule has 0 N–H and O–H groups in total. The van der Waals surface area contributed by atoms with Gasteiger partial charge in [0, 0.05) is 6.54 Å². The number of alkyl halides is 3. The lowest BCUT2D eigenvalue weighted by Crippen LogP contribution is -2.41. The molecule has 0 aliphatic carbocycles. The van der Waals surface area contributed by atoms with Crippen LogP contribution in [0.4, 0.5) is 18.9 Å². The summed E-state index contributed by atoms with van der Waals surface area (Å²) in [5, 5.41) is 0. The molecule has 7 heteroatoms. The third-order valence-corrected chi connectivity index (χ3v) is 4.88. The number of hydrogen-bond donors (Lipinski definition) is 0. The number of hydrogen-bond acceptors (Lipinski definition) is 2. The zero-order valence-electron chi connectivity index (χ0n) is 13.2. The van der Waals surface area contributed by atoms with Gasteiger partial charge in [-0.25, -0.2) is 0 Å². The van der Waals surface area contributed by atoms with Gasteiger partial charge in [0.25, 0.3) is 0 Å². The molecule has 0 aliphatic rings. The van der Waals surface area contributed by atoms with Crippen LogP contribution >= 0.6 is 0 Å². The molecule has 126 valence electrons. The summed E-state index contributed by atoms with van der Waals surface area (Å²) in [4.78, 5) is 0. The Morgan fingerprint density at radius 3 is 1.91 bits per heavy atom. The minimum atomic E-state index is -5.38. The largest absolute Gasteiger partial charge is 0.516 e. The monoisotopic (exact) mass is 337 g/mol. The van der Waals surface area contributed by atoms with Gasteiger partial charge < -0.3 is 0 Å². The Bertz CT molecular complexity index is 587. The zero-order chi connectivity index (χ0) is 17.2. The number of halogens is 3. The SMILES string of the molecule is CCCCN(c1ccc(C(C)(C)C)cc1)S(=O)(=O)C(F)(F)F. The van der Waals surface area contributed by atoms with Crippen molar-refractivity contribution in [1.29, 1.82) is 0 Å². The molecule has 0 radical (unpaired) electrons. The zero-order valence-corrected chi connectivity index (χ0v) is 14.1. The second-order valence-corrected chi connectivity index (χ2v) is 8.03. The van der Waals surface area contributed by atoms with Gasteiger partial charge in [0.05, 0.1) is 5.69 Å². The van der Waals surface area contributed by atoms with E-state index in [0.29, 0.717) is 17.1 Å². The minimum absolute atomic E-state index is 0.0405. The molecule has 0 saturated carbocycles. The van der Waals surface area contributed by atoms with Gasteiger partial charge in [0.2, 0.25) is 0 Å². The van der Waals surface area contributed by atoms with Gasteiger partial charge in [-0.15, -0.1) is 0 Å². The van der Waals surface area contributed by atoms with Crippen molar-refractivity contribution in [3.05, 3.63) is 29.8 Å². The van der Waals surface area contributed by atoms with E-state index in [4.69, 9.17) is 0 Å². The molecule has 22 heavy (non-hydrogen) atoms. The second kappa shape index (κ2) is 6.48. The van der Waals surface area contributed by atoms with Gasteiger partial charge in [-0.1, -0.05) is 46.2 Å². The summed E-state index contributed by atoms with van der Waals surface area (Å²) in [5.74, 6) is 0. The van der Waals surface area contributed by atoms with Crippen molar-refractivity contribution >= 4 is 15.7 Å². The first-order valence-corrected chi connectivity index (χ1v) is 8.55. The molecular weight excluding hydrogens is 315 g/mol. The molecule has 0 unspecified atom stereocenters. The summed E-state index contributed by atoms with van der Waals surface area (Å²) < 4.78 is 62.4. The topological polar surface area (TPSA) is 37.4 Å². The van der Waals surface area contributed by atoms with Gasteiger partial charge in [-0.3, -0.25) is 4.31 Å². The highest BCUT2D eigenvalue weighted by molar-refractivity contribution is 7.93. The number of sulfonamides is 1. The van der Waals surface area contributed by atoms with E-state index in [1.807, 2.05) is 20.8 Å². The molecule has 0 aromatic heterocycles. The summed E-state index contributed by atoms with van der Waals surface area (Å²) in [7, 11) is -5.38. The van der Waals surface area contributed by atoms with Gasteiger partial charge in [0.15, 0.2) is 0 Å². The molecule has 1 aromatic carbocycles. The van der Waals surface area contributed by atoms with Crippen molar-refractivity contribution in [3.8, 4) is 0 Å². The molecule has 1 aromatic rings. The highest BCUT2D eigenvalue weighted by Gasteiger charge is 2.50. The van der Waals surface area contributed by atoms with Gasteiger partial charge in [-0.2, -0.15) is 21.6 Å². The fourth-order valence-electron chi connectivity index (χ4n) is 1.94. The van der Waals surface area contributed by atoms with E-state index in [1.165, 1.54) is 12.1 Å². The first-order chi connectivity index (χ1) is 9.91. The number of benzene rings is 1. The maximum atomic E-state index is 12.8. The van der Waals surface area contributed by atoms with Crippen molar-refractivity contribution in [1.82, 2.24) is 0 Å². The van der Waals surface area contributed by atoms with Crippen molar-refractivity contribution in [2.75, 3.05) is 10.8 Å². The van der Waals surface area contributed by atoms with Crippen LogP contribution in [-0.2, 0) is 15.4 Å². The third-order valence-electron chi connectivity index (χ3n) is 3.32. The van der Waals surface area contributed by atoms with Crippen LogP contribution in [0.1, 0.15) is 46.1 Å². The van der Waals surface area contributed by atoms with Gasteiger partial charge in [0.1, 0.15) is 0 Å². The van der Waals surface area contributed by atoms with E-state index >= 15 is 0 Å². The summed E-state index contributed by atoms with van der Waals surface area (Å²) in [6.45, 7) is 7.53. The number of rotatable bonds is 5. The third kappa shape index (κ3) is 4.15. The van der Waals surface area contributed by atoms with Crippen molar-refractivity contribution in [3.63, 3.8) is 0 Å². The second-order valence-electron chi connectivity index (χ2n) is 6.17. The number of unbranched alkanes of at least 4 members (excludes halogenated alkanes) is 1. The van der Waals surface area contributed by atoms with Crippen LogP contribution in [0.15, 0.2) is 24.3 Å². The van der Waals surface area contributed by atoms with Crippen LogP contribution in [0, 0.1) is 0 Å². The Morgan fingerprint density at radius 2 is 1.55 bits per heavy atom. The van der Waals surface area contributed by atoms with E-state index in [-0.39, 0.29) is 17.6 Å². The van der Waals surface area contributed by atoms with E-state index in [9.17, 15) is 21.6 Å². The van der Waals surface area contributed by atoms with Crippen molar-refractivity contribution in [2.24, 2.45) is 0 Å². The summed E-state index contributed by atoms with van der Waals surface area (Å²) >= 11 is 0. The van der Waals surface area contributed by atoms with Gasteiger partial charge >= 0.3 is 15.5 Å². The predicted octanol–water partition coefficient (Wildman–Crippen LogP) is 4.44.